The van der Waals surface area contributed by atoms with Crippen LogP contribution < -0.4 is 0 Å². The fraction of sp³-hybridized carbons (Fsp3) is 0.143. The Hall–Kier alpha value is 0.280. The molecule has 0 spiro atoms. The Labute approximate surface area is 78.3 Å². The second kappa shape index (κ2) is 3.12. The summed E-state index contributed by atoms with van der Waals surface area (Å²) in [5.74, 6) is 0. The second-order valence-corrected chi connectivity index (χ2v) is 3.68. The van der Waals surface area contributed by atoms with Crippen molar-refractivity contribution in [3.63, 3.8) is 0 Å². The standard InChI is InChI=1S/C7H5BrCl2/c1-4-2-7(10)5(8)3-6(4)9/h2-3H,1H3. The predicted octanol–water partition coefficient (Wildman–Crippen LogP) is 4.06. The molecule has 1 aromatic rings. The Bertz CT molecular complexity index is 208. The minimum Gasteiger partial charge on any atom is -0.0840 e. The summed E-state index contributed by atoms with van der Waals surface area (Å²) >= 11 is 14.8. The highest BCUT2D eigenvalue weighted by atomic mass is 79.9. The Morgan fingerprint density at radius 2 is 1.80 bits per heavy atom. The van der Waals surface area contributed by atoms with Gasteiger partial charge >= 0.3 is 0 Å². The number of rotatable bonds is 0. The molecule has 54 valence electrons. The average molecular weight is 240 g/mol. The van der Waals surface area contributed by atoms with E-state index in [9.17, 15) is 0 Å². The van der Waals surface area contributed by atoms with Crippen molar-refractivity contribution in [1.29, 1.82) is 0 Å². The molecule has 0 aliphatic heterocycles. The average Bonchev–Trinajstić information content (AvgIpc) is 1.84. The lowest BCUT2D eigenvalue weighted by Crippen LogP contribution is -1.75. The van der Waals surface area contributed by atoms with Crippen molar-refractivity contribution in [2.75, 3.05) is 0 Å². The van der Waals surface area contributed by atoms with E-state index in [1.54, 1.807) is 6.07 Å². The van der Waals surface area contributed by atoms with Gasteiger partial charge in [0.1, 0.15) is 0 Å². The van der Waals surface area contributed by atoms with Crippen LogP contribution in [0.2, 0.25) is 10.0 Å². The lowest BCUT2D eigenvalue weighted by atomic mass is 10.2. The first kappa shape index (κ1) is 8.38. The summed E-state index contributed by atoms with van der Waals surface area (Å²) in [5.41, 5.74) is 0.995. The number of hydrogen-bond donors (Lipinski definition) is 0. The van der Waals surface area contributed by atoms with Crippen molar-refractivity contribution in [2.45, 2.75) is 6.92 Å². The zero-order valence-corrected chi connectivity index (χ0v) is 8.39. The summed E-state index contributed by atoms with van der Waals surface area (Å²) in [4.78, 5) is 0. The fourth-order valence-electron chi connectivity index (χ4n) is 0.622. The predicted molar refractivity (Wildman–Crippen MR) is 48.9 cm³/mol. The van der Waals surface area contributed by atoms with Crippen LogP contribution in [-0.4, -0.2) is 0 Å². The lowest BCUT2D eigenvalue weighted by Gasteiger charge is -1.99. The minimum atomic E-state index is 0.696. The van der Waals surface area contributed by atoms with Crippen LogP contribution in [0.15, 0.2) is 16.6 Å². The van der Waals surface area contributed by atoms with Crippen molar-refractivity contribution in [3.8, 4) is 0 Å². The molecule has 0 radical (unpaired) electrons. The van der Waals surface area contributed by atoms with E-state index in [1.807, 2.05) is 13.0 Å². The highest BCUT2D eigenvalue weighted by Gasteiger charge is 2.00. The van der Waals surface area contributed by atoms with Gasteiger partial charge in [0.15, 0.2) is 0 Å². The van der Waals surface area contributed by atoms with Gasteiger partial charge in [-0.25, -0.2) is 0 Å². The van der Waals surface area contributed by atoms with Crippen molar-refractivity contribution in [3.05, 3.63) is 32.2 Å². The molecule has 0 atom stereocenters. The number of halogens is 3. The van der Waals surface area contributed by atoms with Crippen molar-refractivity contribution < 1.29 is 0 Å². The van der Waals surface area contributed by atoms with Gasteiger partial charge in [-0.2, -0.15) is 0 Å². The molecule has 0 aliphatic carbocycles. The second-order valence-electron chi connectivity index (χ2n) is 2.02. The molecule has 0 unspecified atom stereocenters. The van der Waals surface area contributed by atoms with Crippen LogP contribution in [0.25, 0.3) is 0 Å². The molecule has 0 N–H and O–H groups in total. The molecule has 0 saturated heterocycles. The van der Waals surface area contributed by atoms with Gasteiger partial charge in [-0.05, 0) is 40.5 Å². The summed E-state index contributed by atoms with van der Waals surface area (Å²) in [6.07, 6.45) is 0. The third kappa shape index (κ3) is 1.66. The van der Waals surface area contributed by atoms with Crippen LogP contribution in [0.1, 0.15) is 5.56 Å². The Morgan fingerprint density at radius 1 is 1.20 bits per heavy atom. The van der Waals surface area contributed by atoms with Gasteiger partial charge in [-0.15, -0.1) is 0 Å². The molecule has 0 bridgehead atoms. The summed E-state index contributed by atoms with van der Waals surface area (Å²) in [5, 5.41) is 1.43. The molecule has 0 fully saturated rings. The van der Waals surface area contributed by atoms with Gasteiger partial charge in [0.2, 0.25) is 0 Å². The van der Waals surface area contributed by atoms with Crippen molar-refractivity contribution in [1.82, 2.24) is 0 Å². The fourth-order valence-corrected chi connectivity index (χ4v) is 1.48. The van der Waals surface area contributed by atoms with Gasteiger partial charge in [0.05, 0.1) is 5.02 Å². The number of benzene rings is 1. The van der Waals surface area contributed by atoms with Crippen LogP contribution >= 0.6 is 39.1 Å². The quantitative estimate of drug-likeness (QED) is 0.599. The Balaban J connectivity index is 3.28. The first-order valence-electron chi connectivity index (χ1n) is 2.72. The minimum absolute atomic E-state index is 0.696. The van der Waals surface area contributed by atoms with Crippen LogP contribution in [0.4, 0.5) is 0 Å². The summed E-state index contributed by atoms with van der Waals surface area (Å²) in [6.45, 7) is 1.92. The smallest absolute Gasteiger partial charge is 0.0551 e. The molecular weight excluding hydrogens is 235 g/mol. The highest BCUT2D eigenvalue weighted by molar-refractivity contribution is 9.10. The molecule has 1 aromatic carbocycles. The van der Waals surface area contributed by atoms with Gasteiger partial charge in [0.25, 0.3) is 0 Å². The first-order chi connectivity index (χ1) is 4.61. The van der Waals surface area contributed by atoms with E-state index in [1.165, 1.54) is 0 Å². The van der Waals surface area contributed by atoms with Crippen molar-refractivity contribution in [2.24, 2.45) is 0 Å². The highest BCUT2D eigenvalue weighted by Crippen LogP contribution is 2.28. The zero-order valence-electron chi connectivity index (χ0n) is 5.29. The number of hydrogen-bond acceptors (Lipinski definition) is 0. The number of aryl methyl sites for hydroxylation is 1. The van der Waals surface area contributed by atoms with E-state index < -0.39 is 0 Å². The SMILES string of the molecule is Cc1cc(Cl)c(Br)cc1Cl. The van der Waals surface area contributed by atoms with Crippen LogP contribution in [0, 0.1) is 6.92 Å². The lowest BCUT2D eigenvalue weighted by molar-refractivity contribution is 1.46. The Morgan fingerprint density at radius 3 is 2.30 bits per heavy atom. The van der Waals surface area contributed by atoms with Crippen molar-refractivity contribution >= 4 is 39.1 Å². The van der Waals surface area contributed by atoms with E-state index in [0.29, 0.717) is 5.02 Å². The van der Waals surface area contributed by atoms with E-state index in [2.05, 4.69) is 15.9 Å². The first-order valence-corrected chi connectivity index (χ1v) is 4.27. The zero-order chi connectivity index (χ0) is 7.72. The monoisotopic (exact) mass is 238 g/mol. The third-order valence-electron chi connectivity index (χ3n) is 1.20. The molecule has 0 heterocycles. The normalized spacial score (nSPS) is 10.0. The van der Waals surface area contributed by atoms with Crippen LogP contribution in [-0.2, 0) is 0 Å². The Kier molecular flexibility index (Phi) is 2.61. The molecular formula is C7H5BrCl2. The molecule has 0 amide bonds. The van der Waals surface area contributed by atoms with E-state index in [-0.39, 0.29) is 0 Å². The maximum Gasteiger partial charge on any atom is 0.0551 e. The van der Waals surface area contributed by atoms with E-state index in [0.717, 1.165) is 15.1 Å². The topological polar surface area (TPSA) is 0 Å². The van der Waals surface area contributed by atoms with Crippen LogP contribution in [0.3, 0.4) is 0 Å². The third-order valence-corrected chi connectivity index (χ3v) is 2.81. The van der Waals surface area contributed by atoms with Gasteiger partial charge in [-0.3, -0.25) is 0 Å². The maximum atomic E-state index is 5.80. The largest absolute Gasteiger partial charge is 0.0840 e. The van der Waals surface area contributed by atoms with Gasteiger partial charge in [-0.1, -0.05) is 23.2 Å². The van der Waals surface area contributed by atoms with Crippen LogP contribution in [0.5, 0.6) is 0 Å². The summed E-state index contributed by atoms with van der Waals surface area (Å²) < 4.78 is 0.838. The molecule has 1 rings (SSSR count). The van der Waals surface area contributed by atoms with E-state index in [4.69, 9.17) is 23.2 Å². The molecule has 0 aliphatic rings. The molecule has 3 heteroatoms. The molecule has 0 aromatic heterocycles. The molecule has 0 nitrogen and oxygen atoms in total. The summed E-state index contributed by atoms with van der Waals surface area (Å²) in [6, 6.07) is 3.62. The van der Waals surface area contributed by atoms with Gasteiger partial charge in [0, 0.05) is 9.50 Å². The molecule has 10 heavy (non-hydrogen) atoms. The summed E-state index contributed by atoms with van der Waals surface area (Å²) in [7, 11) is 0. The van der Waals surface area contributed by atoms with Gasteiger partial charge < -0.3 is 0 Å². The maximum absolute atomic E-state index is 5.80. The molecule has 0 saturated carbocycles. The van der Waals surface area contributed by atoms with E-state index >= 15 is 0 Å².